The van der Waals surface area contributed by atoms with Crippen LogP contribution in [0.25, 0.3) is 0 Å². The van der Waals surface area contributed by atoms with Gasteiger partial charge < -0.3 is 10.4 Å². The zero-order valence-electron chi connectivity index (χ0n) is 14.5. The van der Waals surface area contributed by atoms with Gasteiger partial charge in [-0.05, 0) is 49.4 Å². The summed E-state index contributed by atoms with van der Waals surface area (Å²) in [6.45, 7) is 6.08. The molecule has 2 aliphatic rings. The minimum absolute atomic E-state index is 0.0307. The van der Waals surface area contributed by atoms with E-state index in [-0.39, 0.29) is 18.1 Å². The van der Waals surface area contributed by atoms with Crippen molar-refractivity contribution in [2.45, 2.75) is 50.0 Å². The number of aliphatic hydroxyl groups excluding tert-OH is 1. The van der Waals surface area contributed by atoms with E-state index in [0.29, 0.717) is 23.9 Å². The molecule has 0 aliphatic carbocycles. The summed E-state index contributed by atoms with van der Waals surface area (Å²) >= 11 is 0. The molecule has 0 bridgehead atoms. The van der Waals surface area contributed by atoms with E-state index in [0.717, 1.165) is 31.4 Å². The fourth-order valence-electron chi connectivity index (χ4n) is 4.03. The molecule has 2 heterocycles. The lowest BCUT2D eigenvalue weighted by molar-refractivity contribution is 0.00548. The maximum Gasteiger partial charge on any atom is 0.243 e. The van der Waals surface area contributed by atoms with Crippen LogP contribution in [0.3, 0.4) is 0 Å². The molecule has 2 fully saturated rings. The number of nitrogens with zero attached hydrogens (tertiary/aromatic N) is 1. The van der Waals surface area contributed by atoms with Gasteiger partial charge in [-0.15, -0.1) is 0 Å². The monoisotopic (exact) mass is 352 g/mol. The van der Waals surface area contributed by atoms with Gasteiger partial charge in [0.25, 0.3) is 0 Å². The number of nitrogens with one attached hydrogen (secondary N) is 1. The highest BCUT2D eigenvalue weighted by Crippen LogP contribution is 2.38. The van der Waals surface area contributed by atoms with Gasteiger partial charge in [0.1, 0.15) is 0 Å². The Labute approximate surface area is 145 Å². The van der Waals surface area contributed by atoms with Gasteiger partial charge >= 0.3 is 0 Å². The van der Waals surface area contributed by atoms with E-state index in [1.54, 1.807) is 16.4 Å². The Hall–Kier alpha value is -0.950. The predicted octanol–water partition coefficient (Wildman–Crippen LogP) is 1.94. The van der Waals surface area contributed by atoms with E-state index in [1.807, 2.05) is 12.1 Å². The van der Waals surface area contributed by atoms with E-state index in [4.69, 9.17) is 0 Å². The molecule has 1 aromatic carbocycles. The Morgan fingerprint density at radius 2 is 2.04 bits per heavy atom. The number of aliphatic hydroxyl groups is 1. The van der Waals surface area contributed by atoms with E-state index in [2.05, 4.69) is 19.2 Å². The molecule has 6 heteroatoms. The van der Waals surface area contributed by atoms with Gasteiger partial charge in [-0.25, -0.2) is 8.42 Å². The minimum atomic E-state index is -3.51. The summed E-state index contributed by atoms with van der Waals surface area (Å²) in [7, 11) is -3.51. The smallest absolute Gasteiger partial charge is 0.243 e. The molecule has 0 aromatic heterocycles. The van der Waals surface area contributed by atoms with Crippen LogP contribution >= 0.6 is 0 Å². The zero-order valence-corrected chi connectivity index (χ0v) is 15.3. The normalized spacial score (nSPS) is 28.8. The fraction of sp³-hybridized carbons (Fsp3) is 0.667. The second-order valence-electron chi connectivity index (χ2n) is 7.48. The van der Waals surface area contributed by atoms with E-state index in [9.17, 15) is 13.5 Å². The molecule has 134 valence electrons. The third-order valence-electron chi connectivity index (χ3n) is 5.64. The van der Waals surface area contributed by atoms with Gasteiger partial charge in [0, 0.05) is 24.5 Å². The van der Waals surface area contributed by atoms with Gasteiger partial charge in [-0.2, -0.15) is 4.31 Å². The summed E-state index contributed by atoms with van der Waals surface area (Å²) in [4.78, 5) is 0.349. The molecule has 5 nitrogen and oxygen atoms in total. The summed E-state index contributed by atoms with van der Waals surface area (Å²) < 4.78 is 27.6. The van der Waals surface area contributed by atoms with E-state index >= 15 is 0 Å². The van der Waals surface area contributed by atoms with Crippen LogP contribution < -0.4 is 5.32 Å². The number of benzene rings is 1. The van der Waals surface area contributed by atoms with Crippen molar-refractivity contribution in [1.82, 2.24) is 9.62 Å². The van der Waals surface area contributed by atoms with Crippen molar-refractivity contribution in [2.24, 2.45) is 5.41 Å². The highest BCUT2D eigenvalue weighted by Gasteiger charge is 2.47. The van der Waals surface area contributed by atoms with Gasteiger partial charge in [-0.1, -0.05) is 26.0 Å². The Bertz CT molecular complexity index is 672. The first kappa shape index (κ1) is 17.9. The van der Waals surface area contributed by atoms with Crippen LogP contribution in [0.1, 0.15) is 44.6 Å². The summed E-state index contributed by atoms with van der Waals surface area (Å²) in [5.41, 5.74) is 0.789. The first-order chi connectivity index (χ1) is 11.4. The van der Waals surface area contributed by atoms with Crippen LogP contribution in [-0.2, 0) is 10.0 Å². The highest BCUT2D eigenvalue weighted by molar-refractivity contribution is 7.89. The molecule has 0 saturated carbocycles. The Morgan fingerprint density at radius 3 is 2.67 bits per heavy atom. The number of sulfonamides is 1. The van der Waals surface area contributed by atoms with Crippen molar-refractivity contribution in [3.63, 3.8) is 0 Å². The van der Waals surface area contributed by atoms with Gasteiger partial charge in [0.2, 0.25) is 10.0 Å². The molecule has 3 rings (SSSR count). The molecule has 2 unspecified atom stereocenters. The maximum absolute atomic E-state index is 13.0. The summed E-state index contributed by atoms with van der Waals surface area (Å²) in [6, 6.07) is 7.43. The van der Waals surface area contributed by atoms with Crippen LogP contribution in [0.4, 0.5) is 0 Å². The van der Waals surface area contributed by atoms with Gasteiger partial charge in [0.05, 0.1) is 11.5 Å². The Balaban J connectivity index is 1.84. The van der Waals surface area contributed by atoms with Crippen molar-refractivity contribution in [2.75, 3.05) is 26.2 Å². The lowest BCUT2D eigenvalue weighted by atomic mass is 9.71. The average molecular weight is 353 g/mol. The first-order valence-electron chi connectivity index (χ1n) is 8.83. The van der Waals surface area contributed by atoms with Crippen LogP contribution in [-0.4, -0.2) is 50.1 Å². The molecule has 2 atom stereocenters. The summed E-state index contributed by atoms with van der Waals surface area (Å²) in [5, 5.41) is 13.4. The standard InChI is InChI=1S/C18H28N2O3S/c1-14(2)15-4-6-16(7-5-15)24(22,23)20-11-8-17-18(12-20,13-21)9-3-10-19-17/h4-7,14,17,19,21H,3,8-13H2,1-2H3. The average Bonchev–Trinajstić information content (AvgIpc) is 2.61. The molecule has 2 N–H and O–H groups in total. The topological polar surface area (TPSA) is 69.6 Å². The van der Waals surface area contributed by atoms with Crippen molar-refractivity contribution in [3.8, 4) is 0 Å². The molecule has 24 heavy (non-hydrogen) atoms. The number of hydrogen-bond acceptors (Lipinski definition) is 4. The Kier molecular flexibility index (Phi) is 5.02. The summed E-state index contributed by atoms with van der Waals surface area (Å²) in [6.07, 6.45) is 2.61. The lowest BCUT2D eigenvalue weighted by Crippen LogP contribution is -2.62. The lowest BCUT2D eigenvalue weighted by Gasteiger charge is -2.49. The van der Waals surface area contributed by atoms with Crippen molar-refractivity contribution in [3.05, 3.63) is 29.8 Å². The number of rotatable bonds is 4. The van der Waals surface area contributed by atoms with E-state index in [1.165, 1.54) is 0 Å². The first-order valence-corrected chi connectivity index (χ1v) is 10.3. The Morgan fingerprint density at radius 1 is 1.33 bits per heavy atom. The van der Waals surface area contributed by atoms with E-state index < -0.39 is 10.0 Å². The third-order valence-corrected chi connectivity index (χ3v) is 7.50. The highest BCUT2D eigenvalue weighted by atomic mass is 32.2. The molecule has 0 spiro atoms. The second-order valence-corrected chi connectivity index (χ2v) is 9.42. The predicted molar refractivity (Wildman–Crippen MR) is 94.5 cm³/mol. The molecule has 2 aliphatic heterocycles. The summed E-state index contributed by atoms with van der Waals surface area (Å²) in [5.74, 6) is 0.378. The van der Waals surface area contributed by atoms with Crippen molar-refractivity contribution >= 4 is 10.0 Å². The van der Waals surface area contributed by atoms with Crippen LogP contribution in [0, 0.1) is 5.41 Å². The largest absolute Gasteiger partial charge is 0.396 e. The van der Waals surface area contributed by atoms with Crippen LogP contribution in [0.2, 0.25) is 0 Å². The minimum Gasteiger partial charge on any atom is -0.396 e. The third kappa shape index (κ3) is 3.12. The number of fused-ring (bicyclic) bond motifs is 1. The molecule has 0 amide bonds. The maximum atomic E-state index is 13.0. The van der Waals surface area contributed by atoms with Crippen molar-refractivity contribution < 1.29 is 13.5 Å². The van der Waals surface area contributed by atoms with Gasteiger partial charge in [0.15, 0.2) is 0 Å². The fourth-order valence-corrected chi connectivity index (χ4v) is 5.58. The zero-order chi connectivity index (χ0) is 17.4. The molecule has 1 aromatic rings. The second kappa shape index (κ2) is 6.75. The quantitative estimate of drug-likeness (QED) is 0.869. The van der Waals surface area contributed by atoms with Crippen LogP contribution in [0.15, 0.2) is 29.2 Å². The number of hydrogen-bond donors (Lipinski definition) is 2. The molecular formula is C18H28N2O3S. The SMILES string of the molecule is CC(C)c1ccc(S(=O)(=O)N2CCC3NCCCC3(CO)C2)cc1. The molecular weight excluding hydrogens is 324 g/mol. The molecule has 0 radical (unpaired) electrons. The molecule has 2 saturated heterocycles. The van der Waals surface area contributed by atoms with Crippen molar-refractivity contribution in [1.29, 1.82) is 0 Å². The number of piperidine rings is 2. The van der Waals surface area contributed by atoms with Gasteiger partial charge in [-0.3, -0.25) is 0 Å². The van der Waals surface area contributed by atoms with Crippen LogP contribution in [0.5, 0.6) is 0 Å².